The zero-order valence-corrected chi connectivity index (χ0v) is 11.6. The van der Waals surface area contributed by atoms with Crippen LogP contribution in [-0.4, -0.2) is 30.4 Å². The monoisotopic (exact) mass is 268 g/mol. The molecule has 1 aliphatic rings. The molecule has 1 atom stereocenters. The van der Waals surface area contributed by atoms with Crippen LogP contribution in [0.4, 0.5) is 0 Å². The Bertz CT molecular complexity index is 391. The summed E-state index contributed by atoms with van der Waals surface area (Å²) in [5.41, 5.74) is 7.95. The van der Waals surface area contributed by atoms with E-state index in [0.29, 0.717) is 18.9 Å². The quantitative estimate of drug-likeness (QED) is 0.908. The second kappa shape index (κ2) is 6.76. The molecule has 1 aromatic carbocycles. The summed E-state index contributed by atoms with van der Waals surface area (Å²) in [4.78, 5) is 14.0. The second-order valence-corrected chi connectivity index (χ2v) is 4.89. The van der Waals surface area contributed by atoms with E-state index in [2.05, 4.69) is 19.1 Å². The smallest absolute Gasteiger partial charge is 0.226 e. The molecule has 0 bridgehead atoms. The summed E-state index contributed by atoms with van der Waals surface area (Å²) < 4.78 is 0. The van der Waals surface area contributed by atoms with Crippen LogP contribution in [0.3, 0.4) is 0 Å². The average molecular weight is 269 g/mol. The number of aryl methyl sites for hydroxylation is 1. The molecule has 0 aliphatic carbocycles. The molecular formula is C14H21ClN2O. The van der Waals surface area contributed by atoms with Gasteiger partial charge in [-0.25, -0.2) is 0 Å². The van der Waals surface area contributed by atoms with Gasteiger partial charge in [0.1, 0.15) is 0 Å². The van der Waals surface area contributed by atoms with E-state index in [1.54, 1.807) is 0 Å². The molecule has 2 N–H and O–H groups in total. The molecule has 1 amide bonds. The van der Waals surface area contributed by atoms with E-state index < -0.39 is 0 Å². The number of amides is 1. The van der Waals surface area contributed by atoms with Crippen molar-refractivity contribution in [1.82, 2.24) is 4.90 Å². The van der Waals surface area contributed by atoms with Crippen molar-refractivity contribution in [3.8, 4) is 0 Å². The normalized spacial score (nSPS) is 18.6. The van der Waals surface area contributed by atoms with Gasteiger partial charge in [-0.3, -0.25) is 4.79 Å². The first kappa shape index (κ1) is 15.0. The van der Waals surface area contributed by atoms with E-state index in [1.165, 1.54) is 5.56 Å². The Morgan fingerprint density at radius 2 is 2.06 bits per heavy atom. The number of hydrogen-bond acceptors (Lipinski definition) is 2. The Kier molecular flexibility index (Phi) is 5.63. The van der Waals surface area contributed by atoms with Crippen LogP contribution in [-0.2, 0) is 11.2 Å². The minimum absolute atomic E-state index is 0. The number of carbonyl (C=O) groups excluding carboxylic acids is 1. The van der Waals surface area contributed by atoms with Crippen molar-refractivity contribution in [2.45, 2.75) is 19.8 Å². The van der Waals surface area contributed by atoms with E-state index in [9.17, 15) is 4.79 Å². The summed E-state index contributed by atoms with van der Waals surface area (Å²) >= 11 is 0. The summed E-state index contributed by atoms with van der Waals surface area (Å²) in [6, 6.07) is 8.16. The third kappa shape index (κ3) is 3.72. The van der Waals surface area contributed by atoms with Gasteiger partial charge in [-0.1, -0.05) is 29.8 Å². The Hall–Kier alpha value is -1.06. The van der Waals surface area contributed by atoms with Crippen molar-refractivity contribution in [2.75, 3.05) is 19.6 Å². The predicted molar refractivity (Wildman–Crippen MR) is 75.9 cm³/mol. The number of nitrogens with two attached hydrogens (primary N) is 1. The van der Waals surface area contributed by atoms with Crippen molar-refractivity contribution < 1.29 is 4.79 Å². The molecule has 1 aliphatic heterocycles. The zero-order chi connectivity index (χ0) is 12.3. The lowest BCUT2D eigenvalue weighted by Crippen LogP contribution is -2.31. The Morgan fingerprint density at radius 3 is 2.61 bits per heavy atom. The first-order valence-corrected chi connectivity index (χ1v) is 6.22. The summed E-state index contributed by atoms with van der Waals surface area (Å²) in [6.45, 7) is 4.44. The van der Waals surface area contributed by atoms with Crippen LogP contribution in [0.5, 0.6) is 0 Å². The molecule has 0 spiro atoms. The molecule has 1 heterocycles. The van der Waals surface area contributed by atoms with Gasteiger partial charge in [0.05, 0.1) is 6.42 Å². The van der Waals surface area contributed by atoms with E-state index in [-0.39, 0.29) is 18.3 Å². The number of halogens is 1. The Morgan fingerprint density at radius 1 is 1.39 bits per heavy atom. The van der Waals surface area contributed by atoms with E-state index in [1.807, 2.05) is 17.0 Å². The molecule has 18 heavy (non-hydrogen) atoms. The average Bonchev–Trinajstić information content (AvgIpc) is 2.81. The summed E-state index contributed by atoms with van der Waals surface area (Å²) in [7, 11) is 0. The van der Waals surface area contributed by atoms with Crippen LogP contribution >= 0.6 is 12.4 Å². The van der Waals surface area contributed by atoms with Crippen molar-refractivity contribution in [2.24, 2.45) is 11.7 Å². The Balaban J connectivity index is 0.00000162. The lowest BCUT2D eigenvalue weighted by molar-refractivity contribution is -0.129. The standard InChI is InChI=1S/C14H20N2O.ClH/c1-11-2-4-12(5-3-11)8-14(17)16-7-6-13(9-15)10-16;/h2-5,13H,6-10,15H2,1H3;1H. The maximum Gasteiger partial charge on any atom is 0.226 e. The van der Waals surface area contributed by atoms with E-state index >= 15 is 0 Å². The number of hydrogen-bond donors (Lipinski definition) is 1. The first-order valence-electron chi connectivity index (χ1n) is 6.22. The molecule has 1 fully saturated rings. The number of benzene rings is 1. The predicted octanol–water partition coefficient (Wildman–Crippen LogP) is 1.77. The fraction of sp³-hybridized carbons (Fsp3) is 0.500. The van der Waals surface area contributed by atoms with Crippen LogP contribution in [0.2, 0.25) is 0 Å². The Labute approximate surface area is 115 Å². The molecule has 0 aromatic heterocycles. The SMILES string of the molecule is Cc1ccc(CC(=O)N2CCC(CN)C2)cc1.Cl. The first-order chi connectivity index (χ1) is 8.19. The van der Waals surface area contributed by atoms with Gasteiger partial charge >= 0.3 is 0 Å². The highest BCUT2D eigenvalue weighted by molar-refractivity contribution is 5.85. The van der Waals surface area contributed by atoms with E-state index in [4.69, 9.17) is 5.73 Å². The topological polar surface area (TPSA) is 46.3 Å². The summed E-state index contributed by atoms with van der Waals surface area (Å²) in [6.07, 6.45) is 1.56. The molecular weight excluding hydrogens is 248 g/mol. The highest BCUT2D eigenvalue weighted by Gasteiger charge is 2.24. The van der Waals surface area contributed by atoms with Gasteiger partial charge in [0.2, 0.25) is 5.91 Å². The fourth-order valence-corrected chi connectivity index (χ4v) is 2.24. The summed E-state index contributed by atoms with van der Waals surface area (Å²) in [5, 5.41) is 0. The minimum atomic E-state index is 0. The molecule has 0 saturated carbocycles. The zero-order valence-electron chi connectivity index (χ0n) is 10.8. The number of likely N-dealkylation sites (tertiary alicyclic amines) is 1. The van der Waals surface area contributed by atoms with Gasteiger partial charge in [-0.05, 0) is 31.4 Å². The highest BCUT2D eigenvalue weighted by Crippen LogP contribution is 2.16. The fourth-order valence-electron chi connectivity index (χ4n) is 2.24. The van der Waals surface area contributed by atoms with Crippen molar-refractivity contribution >= 4 is 18.3 Å². The number of carbonyl (C=O) groups is 1. The van der Waals surface area contributed by atoms with Crippen LogP contribution < -0.4 is 5.73 Å². The lowest BCUT2D eigenvalue weighted by Gasteiger charge is -2.16. The molecule has 1 aromatic rings. The second-order valence-electron chi connectivity index (χ2n) is 4.89. The molecule has 0 radical (unpaired) electrons. The highest BCUT2D eigenvalue weighted by atomic mass is 35.5. The van der Waals surface area contributed by atoms with Gasteiger partial charge in [0, 0.05) is 13.1 Å². The van der Waals surface area contributed by atoms with Crippen LogP contribution in [0.25, 0.3) is 0 Å². The molecule has 4 heteroatoms. The molecule has 100 valence electrons. The van der Waals surface area contributed by atoms with Gasteiger partial charge < -0.3 is 10.6 Å². The molecule has 1 unspecified atom stereocenters. The largest absolute Gasteiger partial charge is 0.342 e. The van der Waals surface area contributed by atoms with Crippen molar-refractivity contribution in [3.63, 3.8) is 0 Å². The minimum Gasteiger partial charge on any atom is -0.342 e. The van der Waals surface area contributed by atoms with Crippen LogP contribution in [0.1, 0.15) is 17.5 Å². The maximum absolute atomic E-state index is 12.0. The van der Waals surface area contributed by atoms with Crippen molar-refractivity contribution in [3.05, 3.63) is 35.4 Å². The van der Waals surface area contributed by atoms with Gasteiger partial charge in [0.15, 0.2) is 0 Å². The number of rotatable bonds is 3. The van der Waals surface area contributed by atoms with Gasteiger partial charge in [-0.15, -0.1) is 12.4 Å². The van der Waals surface area contributed by atoms with Gasteiger partial charge in [-0.2, -0.15) is 0 Å². The maximum atomic E-state index is 12.0. The molecule has 3 nitrogen and oxygen atoms in total. The molecule has 2 rings (SSSR count). The van der Waals surface area contributed by atoms with Crippen LogP contribution in [0.15, 0.2) is 24.3 Å². The third-order valence-electron chi connectivity index (χ3n) is 3.45. The van der Waals surface area contributed by atoms with Gasteiger partial charge in [0.25, 0.3) is 0 Å². The third-order valence-corrected chi connectivity index (χ3v) is 3.45. The van der Waals surface area contributed by atoms with Crippen molar-refractivity contribution in [1.29, 1.82) is 0 Å². The van der Waals surface area contributed by atoms with Crippen LogP contribution in [0, 0.1) is 12.8 Å². The van der Waals surface area contributed by atoms with E-state index in [0.717, 1.165) is 25.1 Å². The summed E-state index contributed by atoms with van der Waals surface area (Å²) in [5.74, 6) is 0.724. The molecule has 1 saturated heterocycles. The lowest BCUT2D eigenvalue weighted by atomic mass is 10.1. The number of nitrogens with zero attached hydrogens (tertiary/aromatic N) is 1.